The van der Waals surface area contributed by atoms with Crippen molar-refractivity contribution in [3.63, 3.8) is 0 Å². The van der Waals surface area contributed by atoms with Crippen molar-refractivity contribution in [1.82, 2.24) is 15.5 Å². The monoisotopic (exact) mass is 307 g/mol. The number of hydrogen-bond acceptors (Lipinski definition) is 4. The molecule has 5 heteroatoms. The smallest absolute Gasteiger partial charge is 0.152 e. The molecule has 0 aromatic carbocycles. The molecule has 0 spiro atoms. The maximum atomic E-state index is 5.68. The number of thioether (sulfide) groups is 1. The lowest BCUT2D eigenvalue weighted by Gasteiger charge is -2.30. The van der Waals surface area contributed by atoms with Crippen LogP contribution in [0.25, 0.3) is 11.5 Å². The molecule has 2 aromatic heterocycles. The van der Waals surface area contributed by atoms with Crippen molar-refractivity contribution >= 4 is 11.8 Å². The molecule has 2 aromatic rings. The summed E-state index contributed by atoms with van der Waals surface area (Å²) in [6.07, 6.45) is 6.42. The zero-order valence-electron chi connectivity index (χ0n) is 13.3. The van der Waals surface area contributed by atoms with Crippen LogP contribution in [0, 0.1) is 6.92 Å². The third-order valence-electron chi connectivity index (χ3n) is 4.19. The zero-order valence-corrected chi connectivity index (χ0v) is 14.1. The van der Waals surface area contributed by atoms with Gasteiger partial charge in [0.05, 0.1) is 6.20 Å². The van der Waals surface area contributed by atoms with Gasteiger partial charge < -0.3 is 9.73 Å². The number of furan rings is 1. The Balaban J connectivity index is 2.00. The van der Waals surface area contributed by atoms with E-state index in [4.69, 9.17) is 4.42 Å². The van der Waals surface area contributed by atoms with Gasteiger partial charge in [-0.1, -0.05) is 13.8 Å². The van der Waals surface area contributed by atoms with E-state index in [0.717, 1.165) is 35.9 Å². The van der Waals surface area contributed by atoms with E-state index >= 15 is 0 Å². The molecule has 0 fully saturated rings. The minimum atomic E-state index is 0.325. The van der Waals surface area contributed by atoms with Gasteiger partial charge in [0.15, 0.2) is 5.76 Å². The molecule has 116 valence electrons. The van der Waals surface area contributed by atoms with Crippen molar-refractivity contribution in [2.24, 2.45) is 0 Å². The van der Waals surface area contributed by atoms with Gasteiger partial charge in [0.2, 0.25) is 0 Å². The van der Waals surface area contributed by atoms with E-state index in [1.54, 1.807) is 0 Å². The van der Waals surface area contributed by atoms with Crippen LogP contribution in [-0.2, 0) is 6.54 Å². The van der Waals surface area contributed by atoms with Crippen LogP contribution in [0.4, 0.5) is 0 Å². The topological polar surface area (TPSA) is 53.9 Å². The molecular weight excluding hydrogens is 282 g/mol. The van der Waals surface area contributed by atoms with Crippen molar-refractivity contribution in [1.29, 1.82) is 0 Å². The number of nitrogens with zero attached hydrogens (tertiary/aromatic N) is 1. The Hall–Kier alpha value is -1.20. The number of hydrogen-bond donors (Lipinski definition) is 2. The summed E-state index contributed by atoms with van der Waals surface area (Å²) >= 11 is 1.95. The minimum Gasteiger partial charge on any atom is -0.460 e. The summed E-state index contributed by atoms with van der Waals surface area (Å²) < 4.78 is 6.00. The lowest BCUT2D eigenvalue weighted by Crippen LogP contribution is -2.36. The fourth-order valence-corrected chi connectivity index (χ4v) is 3.34. The molecule has 4 nitrogen and oxygen atoms in total. The van der Waals surface area contributed by atoms with Crippen LogP contribution in [-0.4, -0.2) is 27.7 Å². The summed E-state index contributed by atoms with van der Waals surface area (Å²) in [5.41, 5.74) is 2.12. The number of aromatic amines is 1. The van der Waals surface area contributed by atoms with E-state index < -0.39 is 0 Å². The molecule has 0 aliphatic heterocycles. The van der Waals surface area contributed by atoms with Crippen LogP contribution < -0.4 is 5.32 Å². The first-order valence-corrected chi connectivity index (χ1v) is 8.71. The first-order valence-electron chi connectivity index (χ1n) is 7.49. The Bertz CT molecular complexity index is 549. The standard InChI is InChI=1S/C16H25N3OS/c1-5-16(6-2,21-4)11-17-9-13-10-18-19-15(13)14-8-7-12(3)20-14/h7-8,10,17H,5-6,9,11H2,1-4H3,(H,18,19). The lowest BCUT2D eigenvalue weighted by molar-refractivity contribution is 0.494. The quantitative estimate of drug-likeness (QED) is 0.774. The second-order valence-electron chi connectivity index (χ2n) is 5.38. The van der Waals surface area contributed by atoms with Gasteiger partial charge in [-0.25, -0.2) is 0 Å². The van der Waals surface area contributed by atoms with Crippen LogP contribution in [0.15, 0.2) is 22.7 Å². The maximum Gasteiger partial charge on any atom is 0.152 e. The van der Waals surface area contributed by atoms with Gasteiger partial charge in [-0.15, -0.1) is 0 Å². The summed E-state index contributed by atoms with van der Waals surface area (Å²) in [6.45, 7) is 8.27. The minimum absolute atomic E-state index is 0.325. The fourth-order valence-electron chi connectivity index (χ4n) is 2.51. The highest BCUT2D eigenvalue weighted by Gasteiger charge is 2.24. The number of H-pyrrole nitrogens is 1. The van der Waals surface area contributed by atoms with Gasteiger partial charge in [0.25, 0.3) is 0 Å². The molecule has 0 aliphatic rings. The zero-order chi connectivity index (χ0) is 15.3. The third kappa shape index (κ3) is 3.71. The average Bonchev–Trinajstić information content (AvgIpc) is 3.13. The van der Waals surface area contributed by atoms with Crippen LogP contribution in [0.3, 0.4) is 0 Å². The van der Waals surface area contributed by atoms with Crippen LogP contribution in [0.2, 0.25) is 0 Å². The summed E-state index contributed by atoms with van der Waals surface area (Å²) in [7, 11) is 0. The fraction of sp³-hybridized carbons (Fsp3) is 0.562. The summed E-state index contributed by atoms with van der Waals surface area (Å²) in [4.78, 5) is 0. The Morgan fingerprint density at radius 1 is 1.33 bits per heavy atom. The maximum absolute atomic E-state index is 5.68. The normalized spacial score (nSPS) is 12.0. The number of rotatable bonds is 8. The van der Waals surface area contributed by atoms with Gasteiger partial charge in [0, 0.05) is 23.4 Å². The highest BCUT2D eigenvalue weighted by atomic mass is 32.2. The van der Waals surface area contributed by atoms with Gasteiger partial charge in [-0.2, -0.15) is 16.9 Å². The van der Waals surface area contributed by atoms with Gasteiger partial charge in [0.1, 0.15) is 11.5 Å². The number of aryl methyl sites for hydroxylation is 1. The molecule has 0 radical (unpaired) electrons. The number of aromatic nitrogens is 2. The molecule has 0 saturated carbocycles. The van der Waals surface area contributed by atoms with Crippen molar-refractivity contribution in [2.45, 2.75) is 44.9 Å². The molecule has 0 saturated heterocycles. The number of nitrogens with one attached hydrogen (secondary N) is 2. The molecule has 0 aliphatic carbocycles. The average molecular weight is 307 g/mol. The molecule has 0 bridgehead atoms. The molecule has 2 N–H and O–H groups in total. The van der Waals surface area contributed by atoms with E-state index in [2.05, 4.69) is 35.6 Å². The molecule has 0 unspecified atom stereocenters. The lowest BCUT2D eigenvalue weighted by atomic mass is 10.0. The van der Waals surface area contributed by atoms with E-state index in [9.17, 15) is 0 Å². The van der Waals surface area contributed by atoms with E-state index in [-0.39, 0.29) is 0 Å². The molecule has 2 heterocycles. The SMILES string of the molecule is CCC(CC)(CNCc1cn[nH]c1-c1ccc(C)o1)SC. The first-order chi connectivity index (χ1) is 10.1. The Morgan fingerprint density at radius 2 is 2.10 bits per heavy atom. The van der Waals surface area contributed by atoms with Crippen molar-refractivity contribution in [2.75, 3.05) is 12.8 Å². The second-order valence-corrected chi connectivity index (χ2v) is 6.65. The van der Waals surface area contributed by atoms with Crippen molar-refractivity contribution < 1.29 is 4.42 Å². The Morgan fingerprint density at radius 3 is 2.67 bits per heavy atom. The highest BCUT2D eigenvalue weighted by Crippen LogP contribution is 2.30. The van der Waals surface area contributed by atoms with Gasteiger partial charge in [-0.05, 0) is 38.2 Å². The van der Waals surface area contributed by atoms with Gasteiger partial charge in [-0.3, -0.25) is 5.10 Å². The Labute approximate surface area is 131 Å². The molecule has 0 atom stereocenters. The predicted octanol–water partition coefficient (Wildman–Crippen LogP) is 3.99. The Kier molecular flexibility index (Phi) is 5.53. The van der Waals surface area contributed by atoms with Crippen LogP contribution in [0.5, 0.6) is 0 Å². The van der Waals surface area contributed by atoms with E-state index in [0.29, 0.717) is 4.75 Å². The summed E-state index contributed by atoms with van der Waals surface area (Å²) in [5, 5.41) is 10.8. The van der Waals surface area contributed by atoms with Crippen LogP contribution in [0.1, 0.15) is 38.0 Å². The largest absolute Gasteiger partial charge is 0.460 e. The third-order valence-corrected chi connectivity index (χ3v) is 5.78. The predicted molar refractivity (Wildman–Crippen MR) is 89.6 cm³/mol. The highest BCUT2D eigenvalue weighted by molar-refractivity contribution is 8.00. The molecule has 21 heavy (non-hydrogen) atoms. The molecule has 0 amide bonds. The summed E-state index contributed by atoms with van der Waals surface area (Å²) in [6, 6.07) is 3.96. The summed E-state index contributed by atoms with van der Waals surface area (Å²) in [5.74, 6) is 1.76. The second kappa shape index (κ2) is 7.18. The van der Waals surface area contributed by atoms with Gasteiger partial charge >= 0.3 is 0 Å². The van der Waals surface area contributed by atoms with Crippen molar-refractivity contribution in [3.05, 3.63) is 29.7 Å². The van der Waals surface area contributed by atoms with Crippen molar-refractivity contribution in [3.8, 4) is 11.5 Å². The molecule has 2 rings (SSSR count). The van der Waals surface area contributed by atoms with E-state index in [1.165, 1.54) is 12.8 Å². The molecular formula is C16H25N3OS. The first kappa shape index (κ1) is 16.2. The van der Waals surface area contributed by atoms with Crippen LogP contribution >= 0.6 is 11.8 Å². The van der Waals surface area contributed by atoms with E-state index in [1.807, 2.05) is 37.0 Å².